The summed E-state index contributed by atoms with van der Waals surface area (Å²) in [6.45, 7) is 7.29. The molecular weight excluding hydrogens is 202 g/mol. The molecule has 0 aliphatic heterocycles. The lowest BCUT2D eigenvalue weighted by molar-refractivity contribution is 0.0880. The molecule has 4 nitrogen and oxygen atoms in total. The minimum Gasteiger partial charge on any atom is -0.330 e. The number of Topliss-reactive ketones (excluding diaryl/α,β-unsaturated/α-hetero) is 1. The van der Waals surface area contributed by atoms with Crippen molar-refractivity contribution in [2.75, 3.05) is 6.54 Å². The molecular formula is C12H21N3O. The minimum atomic E-state index is -0.104. The predicted octanol–water partition coefficient (Wildman–Crippen LogP) is 1.71. The van der Waals surface area contributed by atoms with E-state index in [1.807, 2.05) is 13.8 Å². The summed E-state index contributed by atoms with van der Waals surface area (Å²) in [4.78, 5) is 12.2. The van der Waals surface area contributed by atoms with Crippen LogP contribution >= 0.6 is 0 Å². The number of hydrogen-bond acceptors (Lipinski definition) is 3. The fourth-order valence-corrected chi connectivity index (χ4v) is 1.80. The molecule has 1 aromatic heterocycles. The second kappa shape index (κ2) is 5.80. The zero-order valence-electron chi connectivity index (χ0n) is 10.3. The number of ketones is 1. The lowest BCUT2D eigenvalue weighted by Gasteiger charge is -2.17. The molecule has 1 atom stereocenters. The van der Waals surface area contributed by atoms with Crippen LogP contribution in [-0.4, -0.2) is 22.1 Å². The van der Waals surface area contributed by atoms with Crippen molar-refractivity contribution in [3.05, 3.63) is 18.0 Å². The van der Waals surface area contributed by atoms with E-state index in [1.165, 1.54) is 0 Å². The van der Waals surface area contributed by atoms with Crippen LogP contribution in [0.1, 0.15) is 37.7 Å². The van der Waals surface area contributed by atoms with E-state index in [0.29, 0.717) is 12.2 Å². The largest absolute Gasteiger partial charge is 0.330 e. The molecule has 1 unspecified atom stereocenters. The fraction of sp³-hybridized carbons (Fsp3) is 0.667. The third kappa shape index (κ3) is 2.70. The summed E-state index contributed by atoms with van der Waals surface area (Å²) in [5.74, 6) is 0.276. The van der Waals surface area contributed by atoms with Gasteiger partial charge in [0.05, 0.1) is 0 Å². The summed E-state index contributed by atoms with van der Waals surface area (Å²) < 4.78 is 1.77. The van der Waals surface area contributed by atoms with Crippen LogP contribution in [0.15, 0.2) is 12.3 Å². The molecule has 0 aliphatic carbocycles. The van der Waals surface area contributed by atoms with Gasteiger partial charge in [-0.05, 0) is 18.4 Å². The van der Waals surface area contributed by atoms with Crippen molar-refractivity contribution in [1.82, 2.24) is 9.78 Å². The summed E-state index contributed by atoms with van der Waals surface area (Å²) in [7, 11) is 0. The lowest BCUT2D eigenvalue weighted by atomic mass is 9.90. The van der Waals surface area contributed by atoms with Gasteiger partial charge in [0.25, 0.3) is 0 Å². The smallest absolute Gasteiger partial charge is 0.185 e. The Labute approximate surface area is 96.8 Å². The minimum absolute atomic E-state index is 0.104. The highest BCUT2D eigenvalue weighted by atomic mass is 16.1. The van der Waals surface area contributed by atoms with E-state index >= 15 is 0 Å². The van der Waals surface area contributed by atoms with E-state index in [2.05, 4.69) is 12.0 Å². The SMILES string of the molecule is CCCn1nccc1C(=O)C(CN)C(C)C. The normalized spacial score (nSPS) is 13.1. The molecule has 0 amide bonds. The van der Waals surface area contributed by atoms with Crippen LogP contribution in [0.25, 0.3) is 0 Å². The Morgan fingerprint density at radius 1 is 1.56 bits per heavy atom. The van der Waals surface area contributed by atoms with Gasteiger partial charge in [-0.25, -0.2) is 0 Å². The van der Waals surface area contributed by atoms with Gasteiger partial charge in [0.15, 0.2) is 5.78 Å². The third-order valence-electron chi connectivity index (χ3n) is 2.80. The van der Waals surface area contributed by atoms with E-state index in [-0.39, 0.29) is 17.6 Å². The Kier molecular flexibility index (Phi) is 4.68. The Morgan fingerprint density at radius 3 is 2.75 bits per heavy atom. The molecule has 0 aliphatic rings. The zero-order valence-corrected chi connectivity index (χ0v) is 10.3. The second-order valence-electron chi connectivity index (χ2n) is 4.39. The van der Waals surface area contributed by atoms with Crippen molar-refractivity contribution in [3.63, 3.8) is 0 Å². The number of carbonyl (C=O) groups excluding carboxylic acids is 1. The van der Waals surface area contributed by atoms with Crippen molar-refractivity contribution in [1.29, 1.82) is 0 Å². The van der Waals surface area contributed by atoms with Gasteiger partial charge in [0.2, 0.25) is 0 Å². The molecule has 2 N–H and O–H groups in total. The Hall–Kier alpha value is -1.16. The highest BCUT2D eigenvalue weighted by Gasteiger charge is 2.24. The van der Waals surface area contributed by atoms with Crippen molar-refractivity contribution >= 4 is 5.78 Å². The third-order valence-corrected chi connectivity index (χ3v) is 2.80. The van der Waals surface area contributed by atoms with Gasteiger partial charge in [0.1, 0.15) is 5.69 Å². The average Bonchev–Trinajstić information content (AvgIpc) is 2.66. The number of rotatable bonds is 6. The van der Waals surface area contributed by atoms with Gasteiger partial charge < -0.3 is 5.73 Å². The summed E-state index contributed by atoms with van der Waals surface area (Å²) in [5.41, 5.74) is 6.34. The number of nitrogens with two attached hydrogens (primary N) is 1. The molecule has 90 valence electrons. The molecule has 4 heteroatoms. The molecule has 0 radical (unpaired) electrons. The number of hydrogen-bond donors (Lipinski definition) is 1. The van der Waals surface area contributed by atoms with Crippen LogP contribution in [0.2, 0.25) is 0 Å². The molecule has 1 heterocycles. The van der Waals surface area contributed by atoms with Gasteiger partial charge >= 0.3 is 0 Å². The Bertz CT molecular complexity index is 344. The maximum absolute atomic E-state index is 12.2. The second-order valence-corrected chi connectivity index (χ2v) is 4.39. The van der Waals surface area contributed by atoms with Gasteiger partial charge in [-0.1, -0.05) is 20.8 Å². The first-order valence-electron chi connectivity index (χ1n) is 5.87. The Morgan fingerprint density at radius 2 is 2.25 bits per heavy atom. The van der Waals surface area contributed by atoms with E-state index < -0.39 is 0 Å². The molecule has 0 saturated carbocycles. The standard InChI is InChI=1S/C12H21N3O/c1-4-7-15-11(5-6-14-15)12(16)10(8-13)9(2)3/h5-6,9-10H,4,7-8,13H2,1-3H3. The first-order valence-corrected chi connectivity index (χ1v) is 5.87. The quantitative estimate of drug-likeness (QED) is 0.747. The molecule has 16 heavy (non-hydrogen) atoms. The number of nitrogens with zero attached hydrogens (tertiary/aromatic N) is 2. The van der Waals surface area contributed by atoms with Gasteiger partial charge in [-0.3, -0.25) is 9.48 Å². The molecule has 0 saturated heterocycles. The maximum Gasteiger partial charge on any atom is 0.185 e. The van der Waals surface area contributed by atoms with E-state index in [4.69, 9.17) is 5.73 Å². The predicted molar refractivity (Wildman–Crippen MR) is 64.2 cm³/mol. The van der Waals surface area contributed by atoms with Crippen molar-refractivity contribution in [2.24, 2.45) is 17.6 Å². The molecule has 1 rings (SSSR count). The average molecular weight is 223 g/mol. The zero-order chi connectivity index (χ0) is 12.1. The van der Waals surface area contributed by atoms with Crippen molar-refractivity contribution in [2.45, 2.75) is 33.7 Å². The number of aryl methyl sites for hydroxylation is 1. The molecule has 0 bridgehead atoms. The summed E-state index contributed by atoms with van der Waals surface area (Å²) >= 11 is 0. The number of carbonyl (C=O) groups is 1. The molecule has 0 fully saturated rings. The van der Waals surface area contributed by atoms with Gasteiger partial charge in [0, 0.05) is 25.2 Å². The van der Waals surface area contributed by atoms with Crippen LogP contribution < -0.4 is 5.73 Å². The van der Waals surface area contributed by atoms with Gasteiger partial charge in [-0.2, -0.15) is 5.10 Å². The molecule has 0 spiro atoms. The lowest BCUT2D eigenvalue weighted by Crippen LogP contribution is -2.30. The van der Waals surface area contributed by atoms with Crippen LogP contribution in [-0.2, 0) is 6.54 Å². The van der Waals surface area contributed by atoms with Crippen LogP contribution in [0, 0.1) is 11.8 Å². The number of aromatic nitrogens is 2. The summed E-state index contributed by atoms with van der Waals surface area (Å²) in [6.07, 6.45) is 2.65. The Balaban J connectivity index is 2.90. The highest BCUT2D eigenvalue weighted by molar-refractivity contribution is 5.96. The van der Waals surface area contributed by atoms with E-state index in [9.17, 15) is 4.79 Å². The van der Waals surface area contributed by atoms with E-state index in [0.717, 1.165) is 13.0 Å². The fourth-order valence-electron chi connectivity index (χ4n) is 1.80. The summed E-state index contributed by atoms with van der Waals surface area (Å²) in [5, 5.41) is 4.16. The topological polar surface area (TPSA) is 60.9 Å². The van der Waals surface area contributed by atoms with Crippen LogP contribution in [0.5, 0.6) is 0 Å². The van der Waals surface area contributed by atoms with Crippen LogP contribution in [0.4, 0.5) is 0 Å². The maximum atomic E-state index is 12.2. The monoisotopic (exact) mass is 223 g/mol. The van der Waals surface area contributed by atoms with Crippen LogP contribution in [0.3, 0.4) is 0 Å². The van der Waals surface area contributed by atoms with Gasteiger partial charge in [-0.15, -0.1) is 0 Å². The van der Waals surface area contributed by atoms with Crippen molar-refractivity contribution < 1.29 is 4.79 Å². The molecule has 1 aromatic rings. The first kappa shape index (κ1) is 12.9. The molecule has 0 aromatic carbocycles. The highest BCUT2D eigenvalue weighted by Crippen LogP contribution is 2.16. The first-order chi connectivity index (χ1) is 7.61. The van der Waals surface area contributed by atoms with Crippen molar-refractivity contribution in [3.8, 4) is 0 Å². The van der Waals surface area contributed by atoms with E-state index in [1.54, 1.807) is 16.9 Å². The summed E-state index contributed by atoms with van der Waals surface area (Å²) in [6, 6.07) is 1.78.